The first-order chi connectivity index (χ1) is 13.1. The van der Waals surface area contributed by atoms with Gasteiger partial charge in [-0.05, 0) is 44.4 Å². The molecule has 1 heterocycles. The molecule has 1 aromatic carbocycles. The van der Waals surface area contributed by atoms with E-state index in [0.717, 1.165) is 49.0 Å². The first-order valence-corrected chi connectivity index (χ1v) is 9.54. The molecule has 1 aliphatic rings. The van der Waals surface area contributed by atoms with Gasteiger partial charge in [0.25, 0.3) is 0 Å². The first-order valence-electron chi connectivity index (χ1n) is 9.54. The average Bonchev–Trinajstić information content (AvgIpc) is 2.69. The number of hydrogen-bond donors (Lipinski definition) is 1. The van der Waals surface area contributed by atoms with Crippen LogP contribution in [0.4, 0.5) is 0 Å². The van der Waals surface area contributed by atoms with E-state index in [2.05, 4.69) is 15.2 Å². The molecule has 0 bridgehead atoms. The van der Waals surface area contributed by atoms with Crippen molar-refractivity contribution in [3.8, 4) is 11.5 Å². The van der Waals surface area contributed by atoms with Crippen LogP contribution in [0.5, 0.6) is 11.5 Å². The lowest BCUT2D eigenvalue weighted by Gasteiger charge is -2.33. The van der Waals surface area contributed by atoms with Gasteiger partial charge in [-0.25, -0.2) is 0 Å². The number of piperidine rings is 1. The zero-order chi connectivity index (χ0) is 19.6. The molecule has 0 unspecified atom stereocenters. The summed E-state index contributed by atoms with van der Waals surface area (Å²) in [5.41, 5.74) is 1.09. The summed E-state index contributed by atoms with van der Waals surface area (Å²) in [6.07, 6.45) is 1.58. The Kier molecular flexibility index (Phi) is 11.0. The number of carbonyl (C=O) groups is 1. The monoisotopic (exact) mass is 505 g/mol. The van der Waals surface area contributed by atoms with Crippen LogP contribution >= 0.6 is 24.0 Å². The highest BCUT2D eigenvalue weighted by Crippen LogP contribution is 2.28. The molecule has 0 saturated carbocycles. The molecule has 1 aromatic rings. The molecule has 1 saturated heterocycles. The number of nitrogens with one attached hydrogen (secondary N) is 1. The molecule has 1 N–H and O–H groups in total. The number of aliphatic imine (C=N–C) groups is 1. The van der Waals surface area contributed by atoms with Gasteiger partial charge in [-0.1, -0.05) is 6.07 Å². The van der Waals surface area contributed by atoms with Gasteiger partial charge in [-0.15, -0.1) is 24.0 Å². The summed E-state index contributed by atoms with van der Waals surface area (Å²) < 4.78 is 16.1. The van der Waals surface area contributed by atoms with Crippen molar-refractivity contribution in [2.75, 3.05) is 40.5 Å². The average molecular weight is 505 g/mol. The van der Waals surface area contributed by atoms with Crippen LogP contribution in [0, 0.1) is 5.92 Å². The molecule has 0 amide bonds. The van der Waals surface area contributed by atoms with E-state index in [1.807, 2.05) is 32.0 Å². The predicted octanol–water partition coefficient (Wildman–Crippen LogP) is 3.06. The van der Waals surface area contributed by atoms with Crippen molar-refractivity contribution < 1.29 is 19.0 Å². The van der Waals surface area contributed by atoms with Crippen LogP contribution in [0.25, 0.3) is 0 Å². The minimum atomic E-state index is -0.0817. The van der Waals surface area contributed by atoms with Crippen molar-refractivity contribution in [3.05, 3.63) is 23.8 Å². The molecular formula is C20H32IN3O4. The summed E-state index contributed by atoms with van der Waals surface area (Å²) in [4.78, 5) is 18.5. The third kappa shape index (κ3) is 6.72. The largest absolute Gasteiger partial charge is 0.493 e. The van der Waals surface area contributed by atoms with Gasteiger partial charge in [-0.3, -0.25) is 9.79 Å². The summed E-state index contributed by atoms with van der Waals surface area (Å²) >= 11 is 0. The number of rotatable bonds is 7. The third-order valence-electron chi connectivity index (χ3n) is 4.60. The maximum absolute atomic E-state index is 11.9. The zero-order valence-corrected chi connectivity index (χ0v) is 19.5. The number of ether oxygens (including phenoxy) is 3. The molecule has 2 rings (SSSR count). The number of halogens is 1. The van der Waals surface area contributed by atoms with Gasteiger partial charge in [-0.2, -0.15) is 0 Å². The van der Waals surface area contributed by atoms with Crippen LogP contribution < -0.4 is 14.8 Å². The fourth-order valence-corrected chi connectivity index (χ4v) is 3.20. The van der Waals surface area contributed by atoms with E-state index in [0.29, 0.717) is 19.8 Å². The molecule has 8 heteroatoms. The van der Waals surface area contributed by atoms with Crippen LogP contribution in [0.3, 0.4) is 0 Å². The number of guanidine groups is 1. The Morgan fingerprint density at radius 3 is 2.50 bits per heavy atom. The van der Waals surface area contributed by atoms with Crippen molar-refractivity contribution in [3.63, 3.8) is 0 Å². The summed E-state index contributed by atoms with van der Waals surface area (Å²) in [6, 6.07) is 5.90. The summed E-state index contributed by atoms with van der Waals surface area (Å²) in [5, 5.41) is 3.39. The number of hydrogen-bond acceptors (Lipinski definition) is 5. The van der Waals surface area contributed by atoms with Gasteiger partial charge >= 0.3 is 5.97 Å². The highest BCUT2D eigenvalue weighted by Gasteiger charge is 2.27. The van der Waals surface area contributed by atoms with E-state index in [4.69, 9.17) is 14.2 Å². The van der Waals surface area contributed by atoms with Crippen molar-refractivity contribution >= 4 is 35.9 Å². The second-order valence-corrected chi connectivity index (χ2v) is 6.33. The number of nitrogens with zero attached hydrogens (tertiary/aromatic N) is 2. The lowest BCUT2D eigenvalue weighted by molar-refractivity contribution is -0.149. The zero-order valence-electron chi connectivity index (χ0n) is 17.2. The summed E-state index contributed by atoms with van der Waals surface area (Å²) in [6.45, 7) is 7.03. The van der Waals surface area contributed by atoms with E-state index in [9.17, 15) is 4.79 Å². The van der Waals surface area contributed by atoms with E-state index in [-0.39, 0.29) is 35.9 Å². The smallest absolute Gasteiger partial charge is 0.309 e. The maximum Gasteiger partial charge on any atom is 0.309 e. The molecule has 28 heavy (non-hydrogen) atoms. The molecule has 1 aliphatic heterocycles. The third-order valence-corrected chi connectivity index (χ3v) is 4.60. The number of methoxy groups -OCH3 is 1. The summed E-state index contributed by atoms with van der Waals surface area (Å²) in [5.74, 6) is 2.22. The Morgan fingerprint density at radius 1 is 1.21 bits per heavy atom. The van der Waals surface area contributed by atoms with Crippen molar-refractivity contribution in [2.24, 2.45) is 10.9 Å². The van der Waals surface area contributed by atoms with E-state index in [1.54, 1.807) is 14.2 Å². The number of likely N-dealkylation sites (tertiary alicyclic amines) is 1. The van der Waals surface area contributed by atoms with Gasteiger partial charge in [0.15, 0.2) is 17.5 Å². The van der Waals surface area contributed by atoms with Crippen LogP contribution in [-0.4, -0.2) is 57.3 Å². The molecule has 0 spiro atoms. The molecule has 0 radical (unpaired) electrons. The van der Waals surface area contributed by atoms with Crippen molar-refractivity contribution in [1.29, 1.82) is 0 Å². The van der Waals surface area contributed by atoms with Gasteiger partial charge in [0, 0.05) is 26.7 Å². The molecule has 0 aromatic heterocycles. The van der Waals surface area contributed by atoms with Crippen molar-refractivity contribution in [2.45, 2.75) is 33.2 Å². The van der Waals surface area contributed by atoms with E-state index in [1.165, 1.54) is 0 Å². The highest BCUT2D eigenvalue weighted by molar-refractivity contribution is 14.0. The van der Waals surface area contributed by atoms with Crippen LogP contribution in [0.2, 0.25) is 0 Å². The Hall–Kier alpha value is -1.71. The van der Waals surface area contributed by atoms with Crippen molar-refractivity contribution in [1.82, 2.24) is 10.2 Å². The fourth-order valence-electron chi connectivity index (χ4n) is 3.20. The van der Waals surface area contributed by atoms with Gasteiger partial charge in [0.1, 0.15) is 0 Å². The lowest BCUT2D eigenvalue weighted by Crippen LogP contribution is -2.46. The van der Waals surface area contributed by atoms with Crippen LogP contribution in [0.1, 0.15) is 32.3 Å². The van der Waals surface area contributed by atoms with Gasteiger partial charge in [0.05, 0.1) is 26.2 Å². The Balaban J connectivity index is 0.00000392. The van der Waals surface area contributed by atoms with Gasteiger partial charge in [0.2, 0.25) is 0 Å². The summed E-state index contributed by atoms with van der Waals surface area (Å²) in [7, 11) is 3.41. The maximum atomic E-state index is 11.9. The van der Waals surface area contributed by atoms with Gasteiger partial charge < -0.3 is 24.4 Å². The standard InChI is InChI=1S/C20H31N3O4.HI/c1-5-26-18-13-15(7-8-17(18)25-4)14-22-20(21-3)23-11-9-16(10-12-23)19(24)27-6-2;/h7-8,13,16H,5-6,9-12,14H2,1-4H3,(H,21,22);1H. The second kappa shape index (κ2) is 12.7. The Labute approximate surface area is 184 Å². The molecule has 0 aliphatic carbocycles. The second-order valence-electron chi connectivity index (χ2n) is 6.33. The molecular weight excluding hydrogens is 473 g/mol. The Bertz CT molecular complexity index is 646. The van der Waals surface area contributed by atoms with E-state index < -0.39 is 0 Å². The van der Waals surface area contributed by atoms with Crippen LogP contribution in [-0.2, 0) is 16.1 Å². The number of carbonyl (C=O) groups excluding carboxylic acids is 1. The lowest BCUT2D eigenvalue weighted by atomic mass is 9.97. The Morgan fingerprint density at radius 2 is 1.93 bits per heavy atom. The molecule has 1 fully saturated rings. The number of esters is 1. The number of benzene rings is 1. The minimum Gasteiger partial charge on any atom is -0.493 e. The first kappa shape index (κ1) is 24.3. The predicted molar refractivity (Wildman–Crippen MR) is 121 cm³/mol. The topological polar surface area (TPSA) is 72.4 Å². The molecule has 158 valence electrons. The highest BCUT2D eigenvalue weighted by atomic mass is 127. The van der Waals surface area contributed by atoms with E-state index >= 15 is 0 Å². The quantitative estimate of drug-likeness (QED) is 0.266. The SMILES string of the molecule is CCOC(=O)C1CCN(C(=NC)NCc2ccc(OC)c(OCC)c2)CC1.I. The normalized spacial score (nSPS) is 14.9. The molecule has 0 atom stereocenters. The fraction of sp³-hybridized carbons (Fsp3) is 0.600. The molecule has 7 nitrogen and oxygen atoms in total. The van der Waals surface area contributed by atoms with Crippen LogP contribution in [0.15, 0.2) is 23.2 Å². The minimum absolute atomic E-state index is 0.